The largest absolute Gasteiger partial charge is 0.487 e. The predicted molar refractivity (Wildman–Crippen MR) is 93.8 cm³/mol. The van der Waals surface area contributed by atoms with Crippen LogP contribution < -0.4 is 9.64 Å². The molecule has 0 saturated carbocycles. The van der Waals surface area contributed by atoms with Gasteiger partial charge in [0.15, 0.2) is 5.78 Å². The lowest BCUT2D eigenvalue weighted by Gasteiger charge is -2.39. The maximum Gasteiger partial charge on any atom is 0.328 e. The van der Waals surface area contributed by atoms with Crippen LogP contribution in [0.4, 0.5) is 5.69 Å². The minimum Gasteiger partial charge on any atom is -0.487 e. The summed E-state index contributed by atoms with van der Waals surface area (Å²) in [5.41, 5.74) is 1.40. The van der Waals surface area contributed by atoms with Gasteiger partial charge >= 0.3 is 5.97 Å². The maximum atomic E-state index is 12.5. The normalized spacial score (nSPS) is 17.9. The van der Waals surface area contributed by atoms with Crippen LogP contribution in [0.2, 0.25) is 0 Å². The molecule has 0 radical (unpaired) electrons. The topological polar surface area (TPSA) is 55.8 Å². The number of rotatable bonds is 6. The Labute approximate surface area is 143 Å². The zero-order chi connectivity index (χ0) is 17.9. The Hall–Kier alpha value is -2.04. The Kier molecular flexibility index (Phi) is 5.86. The van der Waals surface area contributed by atoms with E-state index in [0.29, 0.717) is 36.8 Å². The molecule has 0 saturated heterocycles. The number of benzene rings is 1. The smallest absolute Gasteiger partial charge is 0.328 e. The van der Waals surface area contributed by atoms with Gasteiger partial charge in [-0.1, -0.05) is 20.8 Å². The minimum atomic E-state index is -0.379. The van der Waals surface area contributed by atoms with Gasteiger partial charge in [0.2, 0.25) is 0 Å². The number of fused-ring (bicyclic) bond motifs is 1. The molecule has 5 heteroatoms. The van der Waals surface area contributed by atoms with Gasteiger partial charge in [0.1, 0.15) is 17.9 Å². The number of ether oxygens (including phenoxy) is 2. The van der Waals surface area contributed by atoms with Gasteiger partial charge in [0, 0.05) is 5.56 Å². The van der Waals surface area contributed by atoms with E-state index in [1.165, 1.54) is 6.92 Å². The summed E-state index contributed by atoms with van der Waals surface area (Å²) >= 11 is 0. The lowest BCUT2D eigenvalue weighted by Crippen LogP contribution is -2.49. The van der Waals surface area contributed by atoms with Crippen molar-refractivity contribution in [1.29, 1.82) is 0 Å². The first-order valence-electron chi connectivity index (χ1n) is 8.58. The van der Waals surface area contributed by atoms with Crippen molar-refractivity contribution in [3.8, 4) is 5.75 Å². The lowest BCUT2D eigenvalue weighted by molar-refractivity contribution is -0.146. The maximum absolute atomic E-state index is 12.5. The molecule has 24 heavy (non-hydrogen) atoms. The highest BCUT2D eigenvalue weighted by molar-refractivity contribution is 5.96. The summed E-state index contributed by atoms with van der Waals surface area (Å²) in [5, 5.41) is 0. The lowest BCUT2D eigenvalue weighted by atomic mass is 10.0. The third-order valence-electron chi connectivity index (χ3n) is 4.05. The SMILES string of the molecule is CCC(C(=O)OCC(C)C)N1CC(C)Oc2ccc(C(C)=O)cc21. The molecule has 5 nitrogen and oxygen atoms in total. The zero-order valence-electron chi connectivity index (χ0n) is 15.2. The van der Waals surface area contributed by atoms with E-state index in [0.717, 1.165) is 5.69 Å². The fourth-order valence-corrected chi connectivity index (χ4v) is 2.84. The number of anilines is 1. The van der Waals surface area contributed by atoms with Crippen LogP contribution in [0.1, 0.15) is 51.4 Å². The van der Waals surface area contributed by atoms with E-state index in [4.69, 9.17) is 9.47 Å². The molecule has 0 fully saturated rings. The number of carbonyl (C=O) groups excluding carboxylic acids is 2. The van der Waals surface area contributed by atoms with E-state index >= 15 is 0 Å². The highest BCUT2D eigenvalue weighted by Crippen LogP contribution is 2.36. The second kappa shape index (κ2) is 7.69. The van der Waals surface area contributed by atoms with E-state index in [-0.39, 0.29) is 23.9 Å². The van der Waals surface area contributed by atoms with Crippen LogP contribution in [0.3, 0.4) is 0 Å². The third-order valence-corrected chi connectivity index (χ3v) is 4.05. The van der Waals surface area contributed by atoms with Gasteiger partial charge in [0.25, 0.3) is 0 Å². The van der Waals surface area contributed by atoms with E-state index in [1.54, 1.807) is 12.1 Å². The van der Waals surface area contributed by atoms with Crippen molar-refractivity contribution in [2.75, 3.05) is 18.1 Å². The van der Waals surface area contributed by atoms with E-state index in [2.05, 4.69) is 0 Å². The van der Waals surface area contributed by atoms with Crippen molar-refractivity contribution in [2.45, 2.75) is 53.2 Å². The molecule has 1 aliphatic rings. The summed E-state index contributed by atoms with van der Waals surface area (Å²) in [6.07, 6.45) is 0.598. The summed E-state index contributed by atoms with van der Waals surface area (Å²) in [7, 11) is 0. The van der Waals surface area contributed by atoms with Gasteiger partial charge in [-0.2, -0.15) is 0 Å². The van der Waals surface area contributed by atoms with Crippen molar-refractivity contribution < 1.29 is 19.1 Å². The zero-order valence-corrected chi connectivity index (χ0v) is 15.2. The molecule has 0 N–H and O–H groups in total. The van der Waals surface area contributed by atoms with Gasteiger partial charge in [-0.15, -0.1) is 0 Å². The fraction of sp³-hybridized carbons (Fsp3) is 0.579. The molecule has 0 spiro atoms. The number of hydrogen-bond donors (Lipinski definition) is 0. The Morgan fingerprint density at radius 3 is 2.67 bits per heavy atom. The van der Waals surface area contributed by atoms with E-state index < -0.39 is 0 Å². The number of esters is 1. The number of hydrogen-bond acceptors (Lipinski definition) is 5. The molecule has 0 amide bonds. The van der Waals surface area contributed by atoms with Gasteiger partial charge in [-0.05, 0) is 44.4 Å². The number of ketones is 1. The van der Waals surface area contributed by atoms with Crippen molar-refractivity contribution >= 4 is 17.4 Å². The molecule has 2 unspecified atom stereocenters. The Bertz CT molecular complexity index is 611. The molecular formula is C19H27NO4. The first kappa shape index (κ1) is 18.3. The minimum absolute atomic E-state index is 0.00759. The fourth-order valence-electron chi connectivity index (χ4n) is 2.84. The molecule has 1 aromatic carbocycles. The first-order valence-corrected chi connectivity index (χ1v) is 8.58. The monoisotopic (exact) mass is 333 g/mol. The van der Waals surface area contributed by atoms with Crippen LogP contribution in [0.15, 0.2) is 18.2 Å². The molecule has 1 aliphatic heterocycles. The Morgan fingerprint density at radius 2 is 2.08 bits per heavy atom. The van der Waals surface area contributed by atoms with Gasteiger partial charge in [0.05, 0.1) is 18.8 Å². The highest BCUT2D eigenvalue weighted by atomic mass is 16.5. The van der Waals surface area contributed by atoms with E-state index in [9.17, 15) is 9.59 Å². The molecule has 0 bridgehead atoms. The van der Waals surface area contributed by atoms with Crippen LogP contribution in [0.5, 0.6) is 5.75 Å². The average Bonchev–Trinajstić information content (AvgIpc) is 2.52. The Morgan fingerprint density at radius 1 is 1.38 bits per heavy atom. The second-order valence-corrected chi connectivity index (χ2v) is 6.77. The number of Topliss-reactive ketones (excluding diaryl/α,β-unsaturated/α-hetero) is 1. The Balaban J connectivity index is 2.33. The second-order valence-electron chi connectivity index (χ2n) is 6.77. The summed E-state index contributed by atoms with van der Waals surface area (Å²) in [5.74, 6) is 0.770. The van der Waals surface area contributed by atoms with Crippen molar-refractivity contribution in [1.82, 2.24) is 0 Å². The first-order chi connectivity index (χ1) is 11.3. The van der Waals surface area contributed by atoms with Crippen LogP contribution in [-0.4, -0.2) is 37.0 Å². The molecule has 0 aromatic heterocycles. The van der Waals surface area contributed by atoms with E-state index in [1.807, 2.05) is 38.7 Å². The quantitative estimate of drug-likeness (QED) is 0.589. The molecular weight excluding hydrogens is 306 g/mol. The standard InChI is InChI=1S/C19H27NO4/c1-6-16(19(22)23-11-12(2)3)20-10-13(4)24-18-8-7-15(14(5)21)9-17(18)20/h7-9,12-13,16H,6,10-11H2,1-5H3. The molecule has 2 atom stereocenters. The van der Waals surface area contributed by atoms with Gasteiger partial charge < -0.3 is 14.4 Å². The number of nitrogens with zero attached hydrogens (tertiary/aromatic N) is 1. The highest BCUT2D eigenvalue weighted by Gasteiger charge is 2.33. The van der Waals surface area contributed by atoms with Crippen molar-refractivity contribution in [3.63, 3.8) is 0 Å². The van der Waals surface area contributed by atoms with Crippen molar-refractivity contribution in [2.24, 2.45) is 5.92 Å². The van der Waals surface area contributed by atoms with Crippen LogP contribution in [0, 0.1) is 5.92 Å². The number of carbonyl (C=O) groups is 2. The van der Waals surface area contributed by atoms with Gasteiger partial charge in [-0.25, -0.2) is 4.79 Å². The summed E-state index contributed by atoms with van der Waals surface area (Å²) < 4.78 is 11.3. The summed E-state index contributed by atoms with van der Waals surface area (Å²) in [4.78, 5) is 26.3. The summed E-state index contributed by atoms with van der Waals surface area (Å²) in [6.45, 7) is 10.5. The molecule has 132 valence electrons. The molecule has 1 heterocycles. The van der Waals surface area contributed by atoms with Crippen LogP contribution in [-0.2, 0) is 9.53 Å². The molecule has 1 aromatic rings. The van der Waals surface area contributed by atoms with Crippen molar-refractivity contribution in [3.05, 3.63) is 23.8 Å². The summed E-state index contributed by atoms with van der Waals surface area (Å²) in [6, 6.07) is 4.99. The predicted octanol–water partition coefficient (Wildman–Crippen LogP) is 3.45. The molecule has 0 aliphatic carbocycles. The molecule has 2 rings (SSSR count). The van der Waals surface area contributed by atoms with Gasteiger partial charge in [-0.3, -0.25) is 4.79 Å². The third kappa shape index (κ3) is 4.08. The van der Waals surface area contributed by atoms with Crippen LogP contribution in [0.25, 0.3) is 0 Å². The average molecular weight is 333 g/mol. The van der Waals surface area contributed by atoms with Crippen LogP contribution >= 0.6 is 0 Å².